The predicted molar refractivity (Wildman–Crippen MR) is 81.3 cm³/mol. The van der Waals surface area contributed by atoms with Gasteiger partial charge in [-0.2, -0.15) is 0 Å². The number of esters is 1. The Kier molecular flexibility index (Phi) is 5.81. The van der Waals surface area contributed by atoms with E-state index in [0.29, 0.717) is 19.7 Å². The molecular formula is C15H28N2O5. The van der Waals surface area contributed by atoms with Crippen LogP contribution in [0.5, 0.6) is 0 Å². The minimum absolute atomic E-state index is 0.326. The van der Waals surface area contributed by atoms with Gasteiger partial charge in [0.1, 0.15) is 11.6 Å². The first-order chi connectivity index (χ1) is 9.99. The van der Waals surface area contributed by atoms with Crippen LogP contribution >= 0.6 is 0 Å². The molecule has 0 saturated carbocycles. The summed E-state index contributed by atoms with van der Waals surface area (Å²) in [4.78, 5) is 25.5. The van der Waals surface area contributed by atoms with E-state index in [1.807, 2.05) is 34.6 Å². The van der Waals surface area contributed by atoms with Crippen LogP contribution in [0.2, 0.25) is 0 Å². The molecule has 7 nitrogen and oxygen atoms in total. The second-order valence-electron chi connectivity index (χ2n) is 7.11. The van der Waals surface area contributed by atoms with Crippen molar-refractivity contribution >= 4 is 12.1 Å². The minimum atomic E-state index is -0.832. The topological polar surface area (TPSA) is 91.1 Å². The van der Waals surface area contributed by atoms with Gasteiger partial charge in [-0.15, -0.1) is 0 Å². The summed E-state index contributed by atoms with van der Waals surface area (Å²) in [7, 11) is 1.30. The molecule has 2 N–H and O–H groups in total. The Morgan fingerprint density at radius 2 is 1.86 bits per heavy atom. The predicted octanol–water partition coefficient (Wildman–Crippen LogP) is 1.15. The number of rotatable bonds is 3. The van der Waals surface area contributed by atoms with Crippen LogP contribution in [0.4, 0.5) is 4.79 Å². The molecule has 1 aliphatic rings. The standard InChI is InChI=1S/C15H28N2O5/c1-14(2,3)22-13(19)17-7-8-21-10(9-17)15(4,5)11(16)12(18)20-6/h10-11H,7-9,16H2,1-6H3. The third-order valence-corrected chi connectivity index (χ3v) is 3.80. The van der Waals surface area contributed by atoms with Crippen LogP contribution in [0, 0.1) is 5.41 Å². The third-order valence-electron chi connectivity index (χ3n) is 3.80. The fraction of sp³-hybridized carbons (Fsp3) is 0.867. The molecule has 1 fully saturated rings. The van der Waals surface area contributed by atoms with Crippen LogP contribution in [-0.2, 0) is 19.0 Å². The van der Waals surface area contributed by atoms with Gasteiger partial charge >= 0.3 is 12.1 Å². The molecular weight excluding hydrogens is 288 g/mol. The quantitative estimate of drug-likeness (QED) is 0.785. The molecule has 0 aromatic heterocycles. The molecule has 0 aromatic carbocycles. The number of nitrogens with zero attached hydrogens (tertiary/aromatic N) is 1. The second-order valence-corrected chi connectivity index (χ2v) is 7.11. The van der Waals surface area contributed by atoms with Crippen molar-refractivity contribution in [2.45, 2.75) is 52.4 Å². The lowest BCUT2D eigenvalue weighted by Gasteiger charge is -2.43. The highest BCUT2D eigenvalue weighted by molar-refractivity contribution is 5.76. The fourth-order valence-corrected chi connectivity index (χ4v) is 2.22. The van der Waals surface area contributed by atoms with E-state index in [2.05, 4.69) is 0 Å². The number of amides is 1. The van der Waals surface area contributed by atoms with E-state index in [1.54, 1.807) is 4.90 Å². The maximum atomic E-state index is 12.2. The molecule has 2 unspecified atom stereocenters. The molecule has 22 heavy (non-hydrogen) atoms. The van der Waals surface area contributed by atoms with Gasteiger partial charge < -0.3 is 24.8 Å². The van der Waals surface area contributed by atoms with E-state index in [4.69, 9.17) is 19.9 Å². The highest BCUT2D eigenvalue weighted by atomic mass is 16.6. The number of carbonyl (C=O) groups excluding carboxylic acids is 2. The molecule has 0 bridgehead atoms. The number of methoxy groups -OCH3 is 1. The van der Waals surface area contributed by atoms with Gasteiger partial charge in [-0.05, 0) is 20.8 Å². The van der Waals surface area contributed by atoms with Crippen LogP contribution < -0.4 is 5.73 Å². The Morgan fingerprint density at radius 1 is 1.27 bits per heavy atom. The van der Waals surface area contributed by atoms with Crippen molar-refractivity contribution in [1.29, 1.82) is 0 Å². The molecule has 1 amide bonds. The normalized spacial score (nSPS) is 21.2. The van der Waals surface area contributed by atoms with Crippen LogP contribution in [0.1, 0.15) is 34.6 Å². The van der Waals surface area contributed by atoms with Crippen molar-refractivity contribution in [3.8, 4) is 0 Å². The molecule has 1 heterocycles. The van der Waals surface area contributed by atoms with E-state index < -0.39 is 23.0 Å². The van der Waals surface area contributed by atoms with Gasteiger partial charge in [0.05, 0.1) is 26.4 Å². The highest BCUT2D eigenvalue weighted by Crippen LogP contribution is 2.30. The first kappa shape index (κ1) is 18.7. The van der Waals surface area contributed by atoms with Crippen LogP contribution in [0.3, 0.4) is 0 Å². The molecule has 0 aromatic rings. The Morgan fingerprint density at radius 3 is 2.36 bits per heavy atom. The summed E-state index contributed by atoms with van der Waals surface area (Å²) >= 11 is 0. The van der Waals surface area contributed by atoms with Gasteiger partial charge in [-0.3, -0.25) is 4.79 Å². The summed E-state index contributed by atoms with van der Waals surface area (Å²) in [5, 5.41) is 0. The summed E-state index contributed by atoms with van der Waals surface area (Å²) in [5.41, 5.74) is 4.74. The molecule has 128 valence electrons. The zero-order chi connectivity index (χ0) is 17.1. The number of ether oxygens (including phenoxy) is 3. The van der Waals surface area contributed by atoms with E-state index >= 15 is 0 Å². The van der Waals surface area contributed by atoms with Crippen LogP contribution in [0.15, 0.2) is 0 Å². The minimum Gasteiger partial charge on any atom is -0.468 e. The number of nitrogens with two attached hydrogens (primary N) is 1. The molecule has 2 atom stereocenters. The number of hydrogen-bond donors (Lipinski definition) is 1. The number of carbonyl (C=O) groups is 2. The number of hydrogen-bond acceptors (Lipinski definition) is 6. The molecule has 1 saturated heterocycles. The lowest BCUT2D eigenvalue weighted by atomic mass is 9.78. The smallest absolute Gasteiger partial charge is 0.410 e. The van der Waals surface area contributed by atoms with Crippen molar-refractivity contribution in [2.75, 3.05) is 26.8 Å². The monoisotopic (exact) mass is 316 g/mol. The van der Waals surface area contributed by atoms with Crippen molar-refractivity contribution in [3.05, 3.63) is 0 Å². The van der Waals surface area contributed by atoms with E-state index in [0.717, 1.165) is 0 Å². The van der Waals surface area contributed by atoms with E-state index in [1.165, 1.54) is 7.11 Å². The van der Waals surface area contributed by atoms with Gasteiger partial charge in [0, 0.05) is 12.0 Å². The lowest BCUT2D eigenvalue weighted by molar-refractivity contribution is -0.151. The molecule has 7 heteroatoms. The van der Waals surface area contributed by atoms with Gasteiger partial charge in [-0.1, -0.05) is 13.8 Å². The second kappa shape index (κ2) is 6.83. The zero-order valence-electron chi connectivity index (χ0n) is 14.3. The van der Waals surface area contributed by atoms with E-state index in [-0.39, 0.29) is 12.2 Å². The Balaban J connectivity index is 2.77. The largest absolute Gasteiger partial charge is 0.468 e. The molecule has 0 radical (unpaired) electrons. The Hall–Kier alpha value is -1.34. The third kappa shape index (κ3) is 4.58. The van der Waals surface area contributed by atoms with Gasteiger partial charge in [0.15, 0.2) is 0 Å². The molecule has 0 spiro atoms. The number of morpholine rings is 1. The first-order valence-electron chi connectivity index (χ1n) is 7.42. The van der Waals surface area contributed by atoms with Crippen molar-refractivity contribution in [2.24, 2.45) is 11.1 Å². The van der Waals surface area contributed by atoms with Gasteiger partial charge in [0.2, 0.25) is 0 Å². The molecule has 1 rings (SSSR count). The van der Waals surface area contributed by atoms with Gasteiger partial charge in [0.25, 0.3) is 0 Å². The molecule has 1 aliphatic heterocycles. The molecule has 0 aliphatic carbocycles. The van der Waals surface area contributed by atoms with Crippen molar-refractivity contribution in [3.63, 3.8) is 0 Å². The first-order valence-corrected chi connectivity index (χ1v) is 7.42. The highest BCUT2D eigenvalue weighted by Gasteiger charge is 2.43. The Labute approximate surface area is 132 Å². The van der Waals surface area contributed by atoms with Crippen molar-refractivity contribution < 1.29 is 23.8 Å². The average molecular weight is 316 g/mol. The SMILES string of the molecule is COC(=O)C(N)C(C)(C)C1CN(C(=O)OC(C)(C)C)CCO1. The van der Waals surface area contributed by atoms with Crippen molar-refractivity contribution in [1.82, 2.24) is 4.90 Å². The summed E-state index contributed by atoms with van der Waals surface area (Å²) in [6.07, 6.45) is -0.758. The lowest BCUT2D eigenvalue weighted by Crippen LogP contribution is -2.58. The fourth-order valence-electron chi connectivity index (χ4n) is 2.22. The van der Waals surface area contributed by atoms with E-state index in [9.17, 15) is 9.59 Å². The summed E-state index contributed by atoms with van der Waals surface area (Å²) in [5.74, 6) is -0.497. The summed E-state index contributed by atoms with van der Waals surface area (Å²) in [6.45, 7) is 10.3. The van der Waals surface area contributed by atoms with Crippen LogP contribution in [-0.4, -0.2) is 61.5 Å². The van der Waals surface area contributed by atoms with Crippen LogP contribution in [0.25, 0.3) is 0 Å². The Bertz CT molecular complexity index is 417. The average Bonchev–Trinajstić information content (AvgIpc) is 2.43. The summed E-state index contributed by atoms with van der Waals surface area (Å²) < 4.78 is 15.8. The van der Waals surface area contributed by atoms with Gasteiger partial charge in [-0.25, -0.2) is 4.79 Å². The zero-order valence-corrected chi connectivity index (χ0v) is 14.3. The summed E-state index contributed by atoms with van der Waals surface area (Å²) in [6, 6.07) is -0.832. The maximum absolute atomic E-state index is 12.2. The maximum Gasteiger partial charge on any atom is 0.410 e.